The molecule has 1 aliphatic heterocycles. The molecule has 7 nitrogen and oxygen atoms in total. The first-order chi connectivity index (χ1) is 18.4. The van der Waals surface area contributed by atoms with Crippen LogP contribution in [-0.4, -0.2) is 48.6 Å². The fraction of sp³-hybridized carbons (Fsp3) is 0.226. The number of carbonyl (C=O) groups excluding carboxylic acids is 2. The van der Waals surface area contributed by atoms with Crippen LogP contribution in [0.5, 0.6) is 11.5 Å². The van der Waals surface area contributed by atoms with E-state index in [0.29, 0.717) is 35.8 Å². The SMILES string of the molecule is C=CCOc1ccc(C2/C(=C(/O)c3ccc(OCc4cccc(C)c4)cc3)C(=O)C(=O)N2CCOC)cc1. The van der Waals surface area contributed by atoms with Gasteiger partial charge in [-0.05, 0) is 54.4 Å². The molecule has 0 bridgehead atoms. The Morgan fingerprint density at radius 3 is 2.34 bits per heavy atom. The Kier molecular flexibility index (Phi) is 8.61. The van der Waals surface area contributed by atoms with Crippen molar-refractivity contribution in [2.75, 3.05) is 26.9 Å². The van der Waals surface area contributed by atoms with Gasteiger partial charge in [-0.25, -0.2) is 0 Å². The molecule has 0 aliphatic carbocycles. The van der Waals surface area contributed by atoms with Gasteiger partial charge in [-0.2, -0.15) is 0 Å². The third-order valence-corrected chi connectivity index (χ3v) is 6.26. The van der Waals surface area contributed by atoms with Gasteiger partial charge in [0.2, 0.25) is 0 Å². The highest BCUT2D eigenvalue weighted by Crippen LogP contribution is 2.39. The summed E-state index contributed by atoms with van der Waals surface area (Å²) in [5.74, 6) is -0.418. The molecule has 4 rings (SSSR count). The van der Waals surface area contributed by atoms with Crippen molar-refractivity contribution >= 4 is 17.4 Å². The molecular formula is C31H31NO6. The number of likely N-dealkylation sites (tertiary alicyclic amines) is 1. The molecule has 7 heteroatoms. The number of aliphatic hydroxyl groups is 1. The molecule has 3 aromatic carbocycles. The lowest BCUT2D eigenvalue weighted by Gasteiger charge is -2.25. The van der Waals surface area contributed by atoms with Crippen LogP contribution in [0.3, 0.4) is 0 Å². The smallest absolute Gasteiger partial charge is 0.295 e. The van der Waals surface area contributed by atoms with Gasteiger partial charge in [0.1, 0.15) is 30.5 Å². The van der Waals surface area contributed by atoms with Gasteiger partial charge in [0.25, 0.3) is 11.7 Å². The summed E-state index contributed by atoms with van der Waals surface area (Å²) in [7, 11) is 1.53. The summed E-state index contributed by atoms with van der Waals surface area (Å²) in [6, 6.07) is 21.2. The molecule has 0 radical (unpaired) electrons. The van der Waals surface area contributed by atoms with E-state index in [1.54, 1.807) is 54.6 Å². The number of nitrogens with zero attached hydrogens (tertiary/aromatic N) is 1. The molecule has 3 aromatic rings. The van der Waals surface area contributed by atoms with Crippen LogP contribution in [-0.2, 0) is 20.9 Å². The van der Waals surface area contributed by atoms with Gasteiger partial charge in [-0.1, -0.05) is 54.6 Å². The minimum Gasteiger partial charge on any atom is -0.507 e. The minimum absolute atomic E-state index is 0.0271. The van der Waals surface area contributed by atoms with Crippen LogP contribution in [0.25, 0.3) is 5.76 Å². The minimum atomic E-state index is -0.768. The number of rotatable bonds is 11. The Balaban J connectivity index is 1.63. The first-order valence-electron chi connectivity index (χ1n) is 12.3. The molecule has 1 aliphatic rings. The summed E-state index contributed by atoms with van der Waals surface area (Å²) < 4.78 is 16.6. The van der Waals surface area contributed by atoms with E-state index in [2.05, 4.69) is 12.6 Å². The number of Topliss-reactive ketones (excluding diaryl/α,β-unsaturated/α-hetero) is 1. The summed E-state index contributed by atoms with van der Waals surface area (Å²) >= 11 is 0. The van der Waals surface area contributed by atoms with Gasteiger partial charge in [0, 0.05) is 19.2 Å². The van der Waals surface area contributed by atoms with Crippen molar-refractivity contribution in [1.29, 1.82) is 0 Å². The van der Waals surface area contributed by atoms with Crippen molar-refractivity contribution in [2.24, 2.45) is 0 Å². The number of aryl methyl sites for hydroxylation is 1. The van der Waals surface area contributed by atoms with E-state index in [1.807, 2.05) is 25.1 Å². The van der Waals surface area contributed by atoms with Gasteiger partial charge in [-0.3, -0.25) is 9.59 Å². The molecule has 1 unspecified atom stereocenters. The Hall–Kier alpha value is -4.36. The summed E-state index contributed by atoms with van der Waals surface area (Å²) in [4.78, 5) is 27.5. The van der Waals surface area contributed by atoms with E-state index in [4.69, 9.17) is 14.2 Å². The molecule has 1 fully saturated rings. The van der Waals surface area contributed by atoms with Crippen molar-refractivity contribution in [1.82, 2.24) is 4.90 Å². The number of hydrogen-bond donors (Lipinski definition) is 1. The van der Waals surface area contributed by atoms with Crippen molar-refractivity contribution in [3.63, 3.8) is 0 Å². The summed E-state index contributed by atoms with van der Waals surface area (Å²) in [6.45, 7) is 6.88. The Morgan fingerprint density at radius 1 is 1.00 bits per heavy atom. The molecular weight excluding hydrogens is 482 g/mol. The normalized spacial score (nSPS) is 16.5. The molecule has 0 aromatic heterocycles. The zero-order valence-corrected chi connectivity index (χ0v) is 21.6. The molecule has 1 amide bonds. The molecule has 38 heavy (non-hydrogen) atoms. The molecule has 1 heterocycles. The zero-order chi connectivity index (χ0) is 27.1. The van der Waals surface area contributed by atoms with E-state index in [1.165, 1.54) is 12.0 Å². The van der Waals surface area contributed by atoms with Crippen LogP contribution < -0.4 is 9.47 Å². The largest absolute Gasteiger partial charge is 0.507 e. The first kappa shape index (κ1) is 26.7. The van der Waals surface area contributed by atoms with Crippen LogP contribution in [0.1, 0.15) is 28.3 Å². The Bertz CT molecular complexity index is 1330. The topological polar surface area (TPSA) is 85.3 Å². The standard InChI is InChI=1S/C31H31NO6/c1-4-17-37-25-12-8-23(9-13-25)28-27(30(34)31(35)32(28)16-18-36-3)29(33)24-10-14-26(15-11-24)38-20-22-7-5-6-21(2)19-22/h4-15,19,28,33H,1,16-18,20H2,2-3H3/b29-27-. The fourth-order valence-corrected chi connectivity index (χ4v) is 4.38. The fourth-order valence-electron chi connectivity index (χ4n) is 4.38. The van der Waals surface area contributed by atoms with E-state index < -0.39 is 17.7 Å². The van der Waals surface area contributed by atoms with E-state index in [9.17, 15) is 14.7 Å². The van der Waals surface area contributed by atoms with Gasteiger partial charge in [-0.15, -0.1) is 0 Å². The Morgan fingerprint density at radius 2 is 1.68 bits per heavy atom. The second kappa shape index (κ2) is 12.3. The predicted molar refractivity (Wildman–Crippen MR) is 145 cm³/mol. The number of hydrogen-bond acceptors (Lipinski definition) is 6. The zero-order valence-electron chi connectivity index (χ0n) is 21.6. The average Bonchev–Trinajstić information content (AvgIpc) is 3.19. The van der Waals surface area contributed by atoms with Crippen LogP contribution >= 0.6 is 0 Å². The predicted octanol–water partition coefficient (Wildman–Crippen LogP) is 5.21. The van der Waals surface area contributed by atoms with E-state index in [0.717, 1.165) is 11.1 Å². The number of ketones is 1. The van der Waals surface area contributed by atoms with Crippen LogP contribution in [0.2, 0.25) is 0 Å². The lowest BCUT2D eigenvalue weighted by molar-refractivity contribution is -0.140. The summed E-state index contributed by atoms with van der Waals surface area (Å²) in [6.07, 6.45) is 1.65. The van der Waals surface area contributed by atoms with Crippen molar-refractivity contribution in [3.05, 3.63) is 113 Å². The molecule has 1 saturated heterocycles. The highest BCUT2D eigenvalue weighted by atomic mass is 16.5. The number of ether oxygens (including phenoxy) is 3. The van der Waals surface area contributed by atoms with Crippen LogP contribution in [0.4, 0.5) is 0 Å². The maximum Gasteiger partial charge on any atom is 0.295 e. The van der Waals surface area contributed by atoms with Gasteiger partial charge in [0.05, 0.1) is 18.2 Å². The second-order valence-electron chi connectivity index (χ2n) is 8.96. The van der Waals surface area contributed by atoms with Crippen LogP contribution in [0, 0.1) is 6.92 Å². The number of methoxy groups -OCH3 is 1. The van der Waals surface area contributed by atoms with Gasteiger partial charge >= 0.3 is 0 Å². The quantitative estimate of drug-likeness (QED) is 0.164. The third-order valence-electron chi connectivity index (χ3n) is 6.26. The Labute approximate surface area is 222 Å². The number of benzene rings is 3. The van der Waals surface area contributed by atoms with Gasteiger partial charge in [0.15, 0.2) is 0 Å². The second-order valence-corrected chi connectivity index (χ2v) is 8.96. The highest BCUT2D eigenvalue weighted by molar-refractivity contribution is 6.46. The van der Waals surface area contributed by atoms with Crippen molar-refractivity contribution in [3.8, 4) is 11.5 Å². The highest BCUT2D eigenvalue weighted by Gasteiger charge is 2.45. The van der Waals surface area contributed by atoms with Crippen molar-refractivity contribution < 1.29 is 28.9 Å². The number of carbonyl (C=O) groups is 2. The van der Waals surface area contributed by atoms with Crippen molar-refractivity contribution in [2.45, 2.75) is 19.6 Å². The molecule has 1 N–H and O–H groups in total. The lowest BCUT2D eigenvalue weighted by Crippen LogP contribution is -2.32. The monoisotopic (exact) mass is 513 g/mol. The maximum atomic E-state index is 13.1. The molecule has 0 saturated carbocycles. The van der Waals surface area contributed by atoms with E-state index >= 15 is 0 Å². The molecule has 0 spiro atoms. The third kappa shape index (κ3) is 5.95. The van der Waals surface area contributed by atoms with Crippen LogP contribution in [0.15, 0.2) is 91.0 Å². The summed E-state index contributed by atoms with van der Waals surface area (Å²) in [5, 5.41) is 11.3. The lowest BCUT2D eigenvalue weighted by atomic mass is 9.95. The molecule has 196 valence electrons. The maximum absolute atomic E-state index is 13.1. The number of amides is 1. The average molecular weight is 514 g/mol. The first-order valence-corrected chi connectivity index (χ1v) is 12.3. The van der Waals surface area contributed by atoms with Gasteiger partial charge < -0.3 is 24.2 Å². The summed E-state index contributed by atoms with van der Waals surface area (Å²) in [5.41, 5.74) is 3.31. The van der Waals surface area contributed by atoms with E-state index in [-0.39, 0.29) is 24.5 Å². The number of aliphatic hydroxyl groups excluding tert-OH is 1. The molecule has 1 atom stereocenters.